The molecular weight excluding hydrogens is 303 g/mol. The molecule has 5 heteroatoms. The highest BCUT2D eigenvalue weighted by Gasteiger charge is 2.11. The molecule has 0 radical (unpaired) electrons. The van der Waals surface area contributed by atoms with Gasteiger partial charge in [0.25, 0.3) is 0 Å². The Morgan fingerprint density at radius 2 is 1.89 bits per heavy atom. The van der Waals surface area contributed by atoms with Crippen molar-refractivity contribution in [2.24, 2.45) is 0 Å². The monoisotopic (exact) mass is 314 g/mol. The van der Waals surface area contributed by atoms with Gasteiger partial charge in [-0.05, 0) is 30.7 Å². The Morgan fingerprint density at radius 3 is 2.58 bits per heavy atom. The van der Waals surface area contributed by atoms with E-state index in [2.05, 4.69) is 17.2 Å². The van der Waals surface area contributed by atoms with Crippen molar-refractivity contribution in [2.45, 2.75) is 19.5 Å². The predicted molar refractivity (Wildman–Crippen MR) is 81.0 cm³/mol. The SMILES string of the molecule is C[C@@H](NCc1c(Cl)ccc(Cl)c1Cl)c1cccnc1. The van der Waals surface area contributed by atoms with Crippen LogP contribution in [0.4, 0.5) is 0 Å². The Labute approximate surface area is 127 Å². The zero-order valence-electron chi connectivity index (χ0n) is 10.3. The summed E-state index contributed by atoms with van der Waals surface area (Å²) in [5.74, 6) is 0. The van der Waals surface area contributed by atoms with Crippen molar-refractivity contribution in [3.05, 3.63) is 62.9 Å². The van der Waals surface area contributed by atoms with Gasteiger partial charge < -0.3 is 5.32 Å². The average molecular weight is 316 g/mol. The molecular formula is C14H13Cl3N2. The summed E-state index contributed by atoms with van der Waals surface area (Å²) in [6.07, 6.45) is 3.58. The first-order valence-corrected chi connectivity index (χ1v) is 6.98. The molecule has 19 heavy (non-hydrogen) atoms. The van der Waals surface area contributed by atoms with E-state index in [1.165, 1.54) is 0 Å². The largest absolute Gasteiger partial charge is 0.306 e. The number of rotatable bonds is 4. The van der Waals surface area contributed by atoms with E-state index in [0.29, 0.717) is 21.6 Å². The van der Waals surface area contributed by atoms with Crippen LogP contribution in [-0.4, -0.2) is 4.98 Å². The van der Waals surface area contributed by atoms with Gasteiger partial charge in [-0.15, -0.1) is 0 Å². The van der Waals surface area contributed by atoms with Gasteiger partial charge in [0, 0.05) is 35.6 Å². The van der Waals surface area contributed by atoms with Gasteiger partial charge >= 0.3 is 0 Å². The first-order chi connectivity index (χ1) is 9.09. The lowest BCUT2D eigenvalue weighted by Gasteiger charge is -2.15. The van der Waals surface area contributed by atoms with Crippen molar-refractivity contribution in [3.63, 3.8) is 0 Å². The number of nitrogens with zero attached hydrogens (tertiary/aromatic N) is 1. The third kappa shape index (κ3) is 3.61. The Bertz CT molecular complexity index is 558. The van der Waals surface area contributed by atoms with Gasteiger partial charge in [-0.1, -0.05) is 40.9 Å². The smallest absolute Gasteiger partial charge is 0.0652 e. The second kappa shape index (κ2) is 6.58. The van der Waals surface area contributed by atoms with Crippen LogP contribution in [0.3, 0.4) is 0 Å². The van der Waals surface area contributed by atoms with Gasteiger partial charge in [0.15, 0.2) is 0 Å². The summed E-state index contributed by atoms with van der Waals surface area (Å²) in [5, 5.41) is 4.98. The third-order valence-corrected chi connectivity index (χ3v) is 4.11. The lowest BCUT2D eigenvalue weighted by Crippen LogP contribution is -2.18. The van der Waals surface area contributed by atoms with Gasteiger partial charge in [0.05, 0.1) is 10.0 Å². The van der Waals surface area contributed by atoms with Crippen LogP contribution in [-0.2, 0) is 6.54 Å². The first kappa shape index (κ1) is 14.6. The minimum atomic E-state index is 0.153. The summed E-state index contributed by atoms with van der Waals surface area (Å²) in [4.78, 5) is 4.10. The zero-order valence-corrected chi connectivity index (χ0v) is 12.6. The van der Waals surface area contributed by atoms with Crippen molar-refractivity contribution in [3.8, 4) is 0 Å². The number of aromatic nitrogens is 1. The van der Waals surface area contributed by atoms with E-state index in [0.717, 1.165) is 11.1 Å². The van der Waals surface area contributed by atoms with Gasteiger partial charge in [0.2, 0.25) is 0 Å². The van der Waals surface area contributed by atoms with Crippen LogP contribution in [0.2, 0.25) is 15.1 Å². The number of halogens is 3. The normalized spacial score (nSPS) is 12.4. The van der Waals surface area contributed by atoms with Gasteiger partial charge in [0.1, 0.15) is 0 Å². The highest BCUT2D eigenvalue weighted by Crippen LogP contribution is 2.31. The predicted octanol–water partition coefficient (Wildman–Crippen LogP) is 4.89. The maximum Gasteiger partial charge on any atom is 0.0652 e. The molecule has 1 atom stereocenters. The summed E-state index contributed by atoms with van der Waals surface area (Å²) in [6, 6.07) is 7.53. The quantitative estimate of drug-likeness (QED) is 0.812. The molecule has 0 amide bonds. The molecule has 0 saturated heterocycles. The molecule has 2 aromatic rings. The molecule has 0 unspecified atom stereocenters. The summed E-state index contributed by atoms with van der Waals surface area (Å²) in [7, 11) is 0. The molecule has 0 spiro atoms. The van der Waals surface area contributed by atoms with Gasteiger partial charge in [-0.2, -0.15) is 0 Å². The third-order valence-electron chi connectivity index (χ3n) is 2.91. The van der Waals surface area contributed by atoms with Crippen molar-refractivity contribution in [1.29, 1.82) is 0 Å². The molecule has 2 nitrogen and oxygen atoms in total. The van der Waals surface area contributed by atoms with Crippen LogP contribution in [0.5, 0.6) is 0 Å². The van der Waals surface area contributed by atoms with Gasteiger partial charge in [-0.25, -0.2) is 0 Å². The molecule has 0 aliphatic rings. The lowest BCUT2D eigenvalue weighted by molar-refractivity contribution is 0.573. The van der Waals surface area contributed by atoms with E-state index in [1.54, 1.807) is 18.3 Å². The Balaban J connectivity index is 2.09. The molecule has 0 bridgehead atoms. The van der Waals surface area contributed by atoms with E-state index < -0.39 is 0 Å². The molecule has 0 saturated carbocycles. The molecule has 1 heterocycles. The first-order valence-electron chi connectivity index (χ1n) is 5.85. The minimum Gasteiger partial charge on any atom is -0.306 e. The highest BCUT2D eigenvalue weighted by molar-refractivity contribution is 6.44. The Hall–Kier alpha value is -0.800. The topological polar surface area (TPSA) is 24.9 Å². The van der Waals surface area contributed by atoms with E-state index in [4.69, 9.17) is 34.8 Å². The van der Waals surface area contributed by atoms with E-state index in [-0.39, 0.29) is 6.04 Å². The van der Waals surface area contributed by atoms with Gasteiger partial charge in [-0.3, -0.25) is 4.98 Å². The maximum absolute atomic E-state index is 6.16. The second-order valence-corrected chi connectivity index (χ2v) is 5.40. The zero-order chi connectivity index (χ0) is 13.8. The summed E-state index contributed by atoms with van der Waals surface area (Å²) in [5.41, 5.74) is 1.92. The molecule has 100 valence electrons. The van der Waals surface area contributed by atoms with Crippen molar-refractivity contribution < 1.29 is 0 Å². The Kier molecular flexibility index (Phi) is 5.06. The summed E-state index contributed by atoms with van der Waals surface area (Å²) < 4.78 is 0. The molecule has 0 fully saturated rings. The molecule has 2 rings (SSSR count). The minimum absolute atomic E-state index is 0.153. The van der Waals surface area contributed by atoms with Crippen molar-refractivity contribution >= 4 is 34.8 Å². The molecule has 0 aliphatic heterocycles. The van der Waals surface area contributed by atoms with Crippen LogP contribution >= 0.6 is 34.8 Å². The second-order valence-electron chi connectivity index (χ2n) is 4.21. The van der Waals surface area contributed by atoms with Crippen LogP contribution in [0.25, 0.3) is 0 Å². The maximum atomic E-state index is 6.16. The Morgan fingerprint density at radius 1 is 1.16 bits per heavy atom. The number of benzene rings is 1. The van der Waals surface area contributed by atoms with Crippen molar-refractivity contribution in [1.82, 2.24) is 10.3 Å². The summed E-state index contributed by atoms with van der Waals surface area (Å²) >= 11 is 18.3. The molecule has 1 aromatic heterocycles. The number of hydrogen-bond acceptors (Lipinski definition) is 2. The molecule has 0 aliphatic carbocycles. The lowest BCUT2D eigenvalue weighted by atomic mass is 10.1. The van der Waals surface area contributed by atoms with Crippen LogP contribution in [0.15, 0.2) is 36.7 Å². The highest BCUT2D eigenvalue weighted by atomic mass is 35.5. The van der Waals surface area contributed by atoms with Crippen molar-refractivity contribution in [2.75, 3.05) is 0 Å². The van der Waals surface area contributed by atoms with E-state index in [1.807, 2.05) is 18.3 Å². The van der Waals surface area contributed by atoms with Crippen LogP contribution < -0.4 is 5.32 Å². The number of hydrogen-bond donors (Lipinski definition) is 1. The fourth-order valence-electron chi connectivity index (χ4n) is 1.74. The fraction of sp³-hybridized carbons (Fsp3) is 0.214. The number of pyridine rings is 1. The van der Waals surface area contributed by atoms with Crippen LogP contribution in [0, 0.1) is 0 Å². The van der Waals surface area contributed by atoms with E-state index in [9.17, 15) is 0 Å². The molecule has 1 N–H and O–H groups in total. The summed E-state index contributed by atoms with van der Waals surface area (Å²) in [6.45, 7) is 2.61. The van der Waals surface area contributed by atoms with E-state index >= 15 is 0 Å². The number of nitrogens with one attached hydrogen (secondary N) is 1. The molecule has 1 aromatic carbocycles. The standard InChI is InChI=1S/C14H13Cl3N2/c1-9(10-3-2-6-18-7-10)19-8-11-12(15)4-5-13(16)14(11)17/h2-7,9,19H,8H2,1H3/t9-/m1/s1. The van der Waals surface area contributed by atoms with Crippen LogP contribution in [0.1, 0.15) is 24.1 Å². The average Bonchev–Trinajstić information content (AvgIpc) is 2.44. The fourth-order valence-corrected chi connectivity index (χ4v) is 2.42.